The third-order valence-electron chi connectivity index (χ3n) is 5.39. The van der Waals surface area contributed by atoms with Crippen molar-refractivity contribution >= 4 is 35.3 Å². The number of carbonyl (C=O) groups is 1. The van der Waals surface area contributed by atoms with Gasteiger partial charge >= 0.3 is 5.69 Å². The van der Waals surface area contributed by atoms with E-state index in [1.54, 1.807) is 42.1 Å². The van der Waals surface area contributed by atoms with Crippen LogP contribution in [-0.4, -0.2) is 37.4 Å². The van der Waals surface area contributed by atoms with Crippen LogP contribution in [0.1, 0.15) is 11.1 Å². The van der Waals surface area contributed by atoms with E-state index in [0.717, 1.165) is 15.7 Å². The van der Waals surface area contributed by atoms with Gasteiger partial charge in [-0.1, -0.05) is 42.5 Å². The first kappa shape index (κ1) is 24.2. The number of primary amides is 1. The molecule has 36 heavy (non-hydrogen) atoms. The fourth-order valence-electron chi connectivity index (χ4n) is 3.54. The summed E-state index contributed by atoms with van der Waals surface area (Å²) in [5.74, 6) is 0.250. The van der Waals surface area contributed by atoms with Crippen LogP contribution in [0.5, 0.6) is 5.75 Å². The van der Waals surface area contributed by atoms with Crippen LogP contribution in [-0.2, 0) is 25.4 Å². The topological polar surface area (TPSA) is 139 Å². The number of aromatic nitrogens is 4. The first-order valence-electron chi connectivity index (χ1n) is 11.0. The number of imidazole rings is 1. The fourth-order valence-corrected chi connectivity index (χ4v) is 3.54. The summed E-state index contributed by atoms with van der Waals surface area (Å²) in [6.07, 6.45) is 5.41. The van der Waals surface area contributed by atoms with Gasteiger partial charge in [-0.05, 0) is 35.4 Å². The molecule has 0 saturated carbocycles. The highest BCUT2D eigenvalue weighted by Crippen LogP contribution is 2.17. The number of amides is 1. The van der Waals surface area contributed by atoms with Crippen molar-refractivity contribution < 1.29 is 9.53 Å². The number of hydrogen-bond acceptors (Lipinski definition) is 7. The SMILES string of the molecule is Cn1c(=O)c2c(nc(NN=Cc3ccc(OCC(N)=O)cc3)n2CC=Cc2ccccc2)n(C)c1=O. The summed E-state index contributed by atoms with van der Waals surface area (Å²) < 4.78 is 9.30. The molecule has 0 saturated heterocycles. The average molecular weight is 488 g/mol. The van der Waals surface area contributed by atoms with Gasteiger partial charge in [0.15, 0.2) is 17.8 Å². The molecule has 0 atom stereocenters. The monoisotopic (exact) mass is 487 g/mol. The lowest BCUT2D eigenvalue weighted by molar-refractivity contribution is -0.119. The summed E-state index contributed by atoms with van der Waals surface area (Å²) in [5, 5.41) is 4.25. The maximum absolute atomic E-state index is 12.9. The molecule has 11 nitrogen and oxygen atoms in total. The minimum absolute atomic E-state index is 0.202. The molecule has 0 aliphatic heterocycles. The van der Waals surface area contributed by atoms with Crippen molar-refractivity contribution in [3.8, 4) is 5.75 Å². The molecule has 2 heterocycles. The Kier molecular flexibility index (Phi) is 7.10. The number of carbonyl (C=O) groups excluding carboxylic acids is 1. The van der Waals surface area contributed by atoms with Crippen LogP contribution >= 0.6 is 0 Å². The van der Waals surface area contributed by atoms with Crippen LogP contribution in [0.3, 0.4) is 0 Å². The Morgan fingerprint density at radius 1 is 1.06 bits per heavy atom. The largest absolute Gasteiger partial charge is 0.484 e. The van der Waals surface area contributed by atoms with E-state index in [2.05, 4.69) is 15.5 Å². The Morgan fingerprint density at radius 3 is 2.47 bits per heavy atom. The quantitative estimate of drug-likeness (QED) is 0.271. The molecule has 3 N–H and O–H groups in total. The van der Waals surface area contributed by atoms with E-state index in [9.17, 15) is 14.4 Å². The third-order valence-corrected chi connectivity index (χ3v) is 5.39. The molecule has 4 aromatic rings. The maximum atomic E-state index is 12.9. The number of benzene rings is 2. The van der Waals surface area contributed by atoms with E-state index < -0.39 is 17.2 Å². The molecule has 0 radical (unpaired) electrons. The molecule has 0 fully saturated rings. The number of rotatable bonds is 9. The zero-order chi connectivity index (χ0) is 25.7. The second-order valence-corrected chi connectivity index (χ2v) is 7.93. The Labute approximate surface area is 205 Å². The molecule has 0 spiro atoms. The number of hydrazone groups is 1. The summed E-state index contributed by atoms with van der Waals surface area (Å²) in [7, 11) is 3.00. The molecule has 0 aliphatic carbocycles. The number of hydrogen-bond donors (Lipinski definition) is 2. The third kappa shape index (κ3) is 5.25. The van der Waals surface area contributed by atoms with Crippen LogP contribution in [0.25, 0.3) is 17.2 Å². The molecule has 0 aliphatic rings. The zero-order valence-electron chi connectivity index (χ0n) is 19.8. The summed E-state index contributed by atoms with van der Waals surface area (Å²) in [6.45, 7) is 0.120. The maximum Gasteiger partial charge on any atom is 0.332 e. The van der Waals surface area contributed by atoms with Crippen molar-refractivity contribution in [1.29, 1.82) is 0 Å². The second kappa shape index (κ2) is 10.6. The van der Waals surface area contributed by atoms with Crippen molar-refractivity contribution in [1.82, 2.24) is 18.7 Å². The van der Waals surface area contributed by atoms with Crippen LogP contribution in [0.15, 0.2) is 75.4 Å². The van der Waals surface area contributed by atoms with Crippen molar-refractivity contribution in [3.63, 3.8) is 0 Å². The van der Waals surface area contributed by atoms with Gasteiger partial charge in [0.25, 0.3) is 11.5 Å². The molecular formula is C25H25N7O4. The number of nitrogens with two attached hydrogens (primary N) is 1. The number of ether oxygens (including phenoxy) is 1. The van der Waals surface area contributed by atoms with Crippen molar-refractivity contribution in [2.45, 2.75) is 6.54 Å². The highest BCUT2D eigenvalue weighted by Gasteiger charge is 2.18. The molecule has 1 amide bonds. The van der Waals surface area contributed by atoms with E-state index in [1.807, 2.05) is 42.5 Å². The van der Waals surface area contributed by atoms with Crippen LogP contribution < -0.4 is 27.1 Å². The van der Waals surface area contributed by atoms with Gasteiger partial charge in [-0.15, -0.1) is 0 Å². The lowest BCUT2D eigenvalue weighted by Gasteiger charge is -2.07. The summed E-state index contributed by atoms with van der Waals surface area (Å²) >= 11 is 0. The molecule has 4 rings (SSSR count). The van der Waals surface area contributed by atoms with E-state index in [0.29, 0.717) is 18.2 Å². The van der Waals surface area contributed by atoms with Gasteiger partial charge in [-0.25, -0.2) is 10.2 Å². The summed E-state index contributed by atoms with van der Waals surface area (Å²) in [6, 6.07) is 16.6. The molecule has 2 aromatic carbocycles. The lowest BCUT2D eigenvalue weighted by atomic mass is 10.2. The van der Waals surface area contributed by atoms with Gasteiger partial charge in [0.1, 0.15) is 5.75 Å². The Morgan fingerprint density at radius 2 is 1.78 bits per heavy atom. The molecule has 0 bridgehead atoms. The van der Waals surface area contributed by atoms with Crippen LogP contribution in [0.4, 0.5) is 5.95 Å². The first-order chi connectivity index (χ1) is 17.3. The van der Waals surface area contributed by atoms with Crippen LogP contribution in [0.2, 0.25) is 0 Å². The Bertz CT molecular complexity index is 1560. The standard InChI is InChI=1S/C25H25N7O4/c1-30-22-21(23(34)31(2)25(30)35)32(14-6-9-17-7-4-3-5-8-17)24(28-22)29-27-15-18-10-12-19(13-11-18)36-16-20(26)33/h3-13,15H,14,16H2,1-2H3,(H2,26,33)(H,28,29). The average Bonchev–Trinajstić information content (AvgIpc) is 3.24. The number of allylic oxidation sites excluding steroid dienone is 1. The highest BCUT2D eigenvalue weighted by molar-refractivity contribution is 5.81. The Balaban J connectivity index is 1.63. The van der Waals surface area contributed by atoms with Gasteiger partial charge in [0, 0.05) is 20.6 Å². The normalized spacial score (nSPS) is 11.5. The van der Waals surface area contributed by atoms with E-state index in [4.69, 9.17) is 10.5 Å². The fraction of sp³-hybridized carbons (Fsp3) is 0.160. The minimum atomic E-state index is -0.557. The van der Waals surface area contributed by atoms with Gasteiger partial charge in [-0.3, -0.25) is 23.3 Å². The second-order valence-electron chi connectivity index (χ2n) is 7.93. The van der Waals surface area contributed by atoms with Gasteiger partial charge in [-0.2, -0.15) is 10.1 Å². The molecular weight excluding hydrogens is 462 g/mol. The van der Waals surface area contributed by atoms with Crippen LogP contribution in [0, 0.1) is 0 Å². The zero-order valence-corrected chi connectivity index (χ0v) is 19.8. The lowest BCUT2D eigenvalue weighted by Crippen LogP contribution is -2.37. The number of nitrogens with zero attached hydrogens (tertiary/aromatic N) is 5. The van der Waals surface area contributed by atoms with E-state index >= 15 is 0 Å². The van der Waals surface area contributed by atoms with Crippen molar-refractivity contribution in [2.24, 2.45) is 24.9 Å². The van der Waals surface area contributed by atoms with Gasteiger partial charge in [0.2, 0.25) is 5.95 Å². The molecule has 2 aromatic heterocycles. The van der Waals surface area contributed by atoms with E-state index in [1.165, 1.54) is 11.6 Å². The van der Waals surface area contributed by atoms with Gasteiger partial charge in [0.05, 0.1) is 6.21 Å². The summed E-state index contributed by atoms with van der Waals surface area (Å²) in [4.78, 5) is 40.7. The van der Waals surface area contributed by atoms with Crippen molar-refractivity contribution in [2.75, 3.05) is 12.0 Å². The molecule has 184 valence electrons. The van der Waals surface area contributed by atoms with Crippen molar-refractivity contribution in [3.05, 3.63) is 92.6 Å². The Hall–Kier alpha value is -4.93. The number of nitrogens with one attached hydrogen (secondary N) is 1. The van der Waals surface area contributed by atoms with E-state index in [-0.39, 0.29) is 17.8 Å². The predicted molar refractivity (Wildman–Crippen MR) is 138 cm³/mol. The minimum Gasteiger partial charge on any atom is -0.484 e. The number of anilines is 1. The molecule has 11 heteroatoms. The first-order valence-corrected chi connectivity index (χ1v) is 11.0. The smallest absolute Gasteiger partial charge is 0.332 e. The highest BCUT2D eigenvalue weighted by atomic mass is 16.5. The number of aryl methyl sites for hydroxylation is 1. The molecule has 0 unspecified atom stereocenters. The predicted octanol–water partition coefficient (Wildman–Crippen LogP) is 1.46. The summed E-state index contributed by atoms with van der Waals surface area (Å²) in [5.41, 5.74) is 9.35. The van der Waals surface area contributed by atoms with Gasteiger partial charge < -0.3 is 10.5 Å². The number of fused-ring (bicyclic) bond motifs is 1.